The molecule has 0 aromatic carbocycles. The third kappa shape index (κ3) is 2.53. The predicted octanol–water partition coefficient (Wildman–Crippen LogP) is 2.61. The summed E-state index contributed by atoms with van der Waals surface area (Å²) in [5, 5.41) is 2.17. The molecule has 3 N–H and O–H groups in total. The van der Waals surface area contributed by atoms with Gasteiger partial charge in [0.15, 0.2) is 0 Å². The van der Waals surface area contributed by atoms with Crippen LogP contribution in [0, 0.1) is 12.3 Å². The number of hydrogen-bond acceptors (Lipinski definition) is 3. The van der Waals surface area contributed by atoms with E-state index in [1.165, 1.54) is 10.4 Å². The molecule has 1 aromatic rings. The van der Waals surface area contributed by atoms with E-state index in [1.807, 2.05) is 0 Å². The summed E-state index contributed by atoms with van der Waals surface area (Å²) in [6.07, 6.45) is 0. The van der Waals surface area contributed by atoms with E-state index in [9.17, 15) is 0 Å². The second-order valence-electron chi connectivity index (χ2n) is 4.46. The highest BCUT2D eigenvalue weighted by Crippen LogP contribution is 2.33. The Morgan fingerprint density at radius 2 is 2.08 bits per heavy atom. The van der Waals surface area contributed by atoms with Gasteiger partial charge in [0, 0.05) is 4.88 Å². The summed E-state index contributed by atoms with van der Waals surface area (Å²) >= 11 is 1.77. The molecule has 0 aliphatic heterocycles. The molecule has 2 nitrogen and oxygen atoms in total. The van der Waals surface area contributed by atoms with Crippen molar-refractivity contribution in [1.29, 1.82) is 0 Å². The van der Waals surface area contributed by atoms with E-state index in [-0.39, 0.29) is 11.5 Å². The van der Waals surface area contributed by atoms with Gasteiger partial charge in [-0.1, -0.05) is 20.8 Å². The lowest BCUT2D eigenvalue weighted by Gasteiger charge is -2.29. The lowest BCUT2D eigenvalue weighted by molar-refractivity contribution is 0.276. The molecule has 0 radical (unpaired) electrons. The monoisotopic (exact) mass is 198 g/mol. The Balaban J connectivity index is 2.91. The first kappa shape index (κ1) is 10.7. The number of hydrazine groups is 1. The van der Waals surface area contributed by atoms with Gasteiger partial charge < -0.3 is 0 Å². The Hall–Kier alpha value is -0.380. The van der Waals surface area contributed by atoms with Crippen LogP contribution >= 0.6 is 11.3 Å². The fraction of sp³-hybridized carbons (Fsp3) is 0.600. The molecule has 0 aliphatic rings. The van der Waals surface area contributed by atoms with E-state index in [0.717, 1.165) is 0 Å². The molecule has 1 atom stereocenters. The molecular weight excluding hydrogens is 180 g/mol. The van der Waals surface area contributed by atoms with Crippen LogP contribution in [0.1, 0.15) is 37.3 Å². The number of aryl methyl sites for hydroxylation is 1. The molecule has 0 bridgehead atoms. The van der Waals surface area contributed by atoms with Gasteiger partial charge >= 0.3 is 0 Å². The van der Waals surface area contributed by atoms with E-state index in [4.69, 9.17) is 5.84 Å². The zero-order chi connectivity index (χ0) is 10.1. The Labute approximate surface area is 84.1 Å². The molecule has 0 saturated heterocycles. The predicted molar refractivity (Wildman–Crippen MR) is 58.6 cm³/mol. The Kier molecular flexibility index (Phi) is 3.11. The van der Waals surface area contributed by atoms with Crippen molar-refractivity contribution in [3.05, 3.63) is 21.9 Å². The largest absolute Gasteiger partial charge is 0.271 e. The molecule has 1 rings (SSSR count). The van der Waals surface area contributed by atoms with Gasteiger partial charge in [-0.05, 0) is 29.3 Å². The van der Waals surface area contributed by atoms with Crippen LogP contribution in [-0.2, 0) is 0 Å². The molecule has 1 heterocycles. The lowest BCUT2D eigenvalue weighted by atomic mass is 9.84. The quantitative estimate of drug-likeness (QED) is 0.566. The van der Waals surface area contributed by atoms with Crippen LogP contribution in [0.25, 0.3) is 0 Å². The van der Waals surface area contributed by atoms with E-state index >= 15 is 0 Å². The molecule has 0 amide bonds. The first-order valence-electron chi connectivity index (χ1n) is 4.46. The Morgan fingerprint density at radius 1 is 1.46 bits per heavy atom. The van der Waals surface area contributed by atoms with Gasteiger partial charge in [-0.25, -0.2) is 0 Å². The minimum absolute atomic E-state index is 0.155. The summed E-state index contributed by atoms with van der Waals surface area (Å²) in [5.74, 6) is 5.55. The minimum Gasteiger partial charge on any atom is -0.271 e. The van der Waals surface area contributed by atoms with Crippen LogP contribution in [-0.4, -0.2) is 0 Å². The molecule has 0 saturated carbocycles. The topological polar surface area (TPSA) is 38.0 Å². The smallest absolute Gasteiger partial charge is 0.0516 e. The van der Waals surface area contributed by atoms with Gasteiger partial charge in [0.2, 0.25) is 0 Å². The number of hydrogen-bond donors (Lipinski definition) is 2. The lowest BCUT2D eigenvalue weighted by Crippen LogP contribution is -2.36. The van der Waals surface area contributed by atoms with Gasteiger partial charge in [-0.15, -0.1) is 11.3 Å². The van der Waals surface area contributed by atoms with Gasteiger partial charge in [0.25, 0.3) is 0 Å². The molecule has 3 heteroatoms. The van der Waals surface area contributed by atoms with Crippen LogP contribution in [0.5, 0.6) is 0 Å². The maximum absolute atomic E-state index is 5.55. The molecule has 0 aliphatic carbocycles. The van der Waals surface area contributed by atoms with Crippen molar-refractivity contribution < 1.29 is 0 Å². The van der Waals surface area contributed by atoms with Crippen molar-refractivity contribution in [3.8, 4) is 0 Å². The third-order valence-corrected chi connectivity index (χ3v) is 3.00. The fourth-order valence-corrected chi connectivity index (χ4v) is 2.19. The van der Waals surface area contributed by atoms with Crippen molar-refractivity contribution in [2.45, 2.75) is 33.7 Å². The van der Waals surface area contributed by atoms with E-state index < -0.39 is 0 Å². The zero-order valence-corrected chi connectivity index (χ0v) is 9.53. The second-order valence-corrected chi connectivity index (χ2v) is 5.57. The number of thiophene rings is 1. The standard InChI is InChI=1S/C10H18N2S/c1-7-5-8(6-13-7)9(12-11)10(2,3)4/h5-6,9,12H,11H2,1-4H3. The third-order valence-electron chi connectivity index (χ3n) is 2.12. The Morgan fingerprint density at radius 3 is 2.38 bits per heavy atom. The Bertz CT molecular complexity index is 273. The summed E-state index contributed by atoms with van der Waals surface area (Å²) in [7, 11) is 0. The van der Waals surface area contributed by atoms with Crippen molar-refractivity contribution in [2.75, 3.05) is 0 Å². The van der Waals surface area contributed by atoms with Gasteiger partial charge in [0.1, 0.15) is 0 Å². The normalized spacial score (nSPS) is 14.5. The summed E-state index contributed by atoms with van der Waals surface area (Å²) in [6, 6.07) is 2.43. The van der Waals surface area contributed by atoms with E-state index in [2.05, 4.69) is 44.6 Å². The zero-order valence-electron chi connectivity index (χ0n) is 8.72. The highest BCUT2D eigenvalue weighted by atomic mass is 32.1. The SMILES string of the molecule is Cc1cc(C(NN)C(C)(C)C)cs1. The molecule has 1 unspecified atom stereocenters. The van der Waals surface area contributed by atoms with Crippen LogP contribution in [0.2, 0.25) is 0 Å². The molecule has 0 spiro atoms. The first-order chi connectivity index (χ1) is 5.95. The minimum atomic E-state index is 0.155. The molecular formula is C10H18N2S. The second kappa shape index (κ2) is 3.78. The molecule has 0 fully saturated rings. The van der Waals surface area contributed by atoms with E-state index in [1.54, 1.807) is 11.3 Å². The molecule has 13 heavy (non-hydrogen) atoms. The van der Waals surface area contributed by atoms with Crippen molar-refractivity contribution in [2.24, 2.45) is 11.3 Å². The maximum Gasteiger partial charge on any atom is 0.0516 e. The van der Waals surface area contributed by atoms with Gasteiger partial charge in [-0.3, -0.25) is 11.3 Å². The highest BCUT2D eigenvalue weighted by molar-refractivity contribution is 7.10. The molecule has 1 aromatic heterocycles. The number of rotatable bonds is 2. The maximum atomic E-state index is 5.55. The summed E-state index contributed by atoms with van der Waals surface area (Å²) in [6.45, 7) is 8.67. The van der Waals surface area contributed by atoms with Gasteiger partial charge in [-0.2, -0.15) is 0 Å². The van der Waals surface area contributed by atoms with Crippen molar-refractivity contribution >= 4 is 11.3 Å². The summed E-state index contributed by atoms with van der Waals surface area (Å²) < 4.78 is 0. The number of nitrogens with one attached hydrogen (secondary N) is 1. The van der Waals surface area contributed by atoms with Crippen molar-refractivity contribution in [3.63, 3.8) is 0 Å². The molecule has 74 valence electrons. The van der Waals surface area contributed by atoms with Crippen LogP contribution in [0.15, 0.2) is 11.4 Å². The summed E-state index contributed by atoms with van der Waals surface area (Å²) in [5.41, 5.74) is 4.32. The van der Waals surface area contributed by atoms with Crippen LogP contribution in [0.4, 0.5) is 0 Å². The van der Waals surface area contributed by atoms with Crippen LogP contribution < -0.4 is 11.3 Å². The first-order valence-corrected chi connectivity index (χ1v) is 5.34. The van der Waals surface area contributed by atoms with E-state index in [0.29, 0.717) is 0 Å². The number of nitrogens with two attached hydrogens (primary N) is 1. The fourth-order valence-electron chi connectivity index (χ4n) is 1.46. The van der Waals surface area contributed by atoms with Gasteiger partial charge in [0.05, 0.1) is 6.04 Å². The van der Waals surface area contributed by atoms with Crippen LogP contribution in [0.3, 0.4) is 0 Å². The van der Waals surface area contributed by atoms with Crippen molar-refractivity contribution in [1.82, 2.24) is 5.43 Å². The summed E-state index contributed by atoms with van der Waals surface area (Å²) in [4.78, 5) is 1.33. The average molecular weight is 198 g/mol. The average Bonchev–Trinajstić information content (AvgIpc) is 2.34. The highest BCUT2D eigenvalue weighted by Gasteiger charge is 2.25.